The minimum absolute atomic E-state index is 0. The number of benzene rings is 1. The molecule has 2 aromatic rings. The topological polar surface area (TPSA) is 86.7 Å². The lowest BCUT2D eigenvalue weighted by Gasteiger charge is -2.20. The average Bonchev–Trinajstić information content (AvgIpc) is 3.20. The van der Waals surface area contributed by atoms with Crippen molar-refractivity contribution in [1.82, 2.24) is 15.6 Å². The highest BCUT2D eigenvalue weighted by Crippen LogP contribution is 2.20. The summed E-state index contributed by atoms with van der Waals surface area (Å²) in [4.78, 5) is 10.6. The summed E-state index contributed by atoms with van der Waals surface area (Å²) < 4.78 is 38.6. The third-order valence-electron chi connectivity index (χ3n) is 5.02. The van der Waals surface area contributed by atoms with Crippen LogP contribution in [-0.4, -0.2) is 57.3 Å². The molecule has 176 valence electrons. The van der Waals surface area contributed by atoms with Gasteiger partial charge in [0.15, 0.2) is 27.4 Å². The number of sulfone groups is 1. The Morgan fingerprint density at radius 2 is 2.03 bits per heavy atom. The number of anilines is 1. The first-order valence-corrected chi connectivity index (χ1v) is 12.4. The van der Waals surface area contributed by atoms with Gasteiger partial charge in [-0.25, -0.2) is 17.8 Å². The molecule has 1 aromatic carbocycles. The number of halogens is 2. The van der Waals surface area contributed by atoms with E-state index in [0.717, 1.165) is 12.0 Å². The molecule has 1 unspecified atom stereocenters. The van der Waals surface area contributed by atoms with Crippen molar-refractivity contribution in [2.24, 2.45) is 4.99 Å². The van der Waals surface area contributed by atoms with Gasteiger partial charge < -0.3 is 15.5 Å². The number of rotatable bonds is 9. The molecule has 10 heteroatoms. The fraction of sp³-hybridized carbons (Fsp3) is 0.455. The first kappa shape index (κ1) is 26.3. The van der Waals surface area contributed by atoms with Gasteiger partial charge in [-0.1, -0.05) is 30.3 Å². The molecule has 0 amide bonds. The molecule has 1 aliphatic heterocycles. The van der Waals surface area contributed by atoms with Crippen LogP contribution in [0.15, 0.2) is 53.7 Å². The number of pyridine rings is 1. The molecular weight excluding hydrogens is 544 g/mol. The molecule has 2 N–H and O–H groups in total. The van der Waals surface area contributed by atoms with Crippen molar-refractivity contribution >= 4 is 45.6 Å². The molecule has 0 bridgehead atoms. The standard InChI is InChI=1S/C22H30FN5O2S.HI/c1-2-24-22(26-13-7-15-31(29,30)17-18-8-4-3-5-9-18)27-19-11-14-28(16-19)21-20(23)10-6-12-25-21;/h3-6,8-10,12,19H,2,7,11,13-17H2,1H3,(H2,24,26,27);1H. The smallest absolute Gasteiger partial charge is 0.191 e. The fourth-order valence-electron chi connectivity index (χ4n) is 3.57. The number of nitrogens with zero attached hydrogens (tertiary/aromatic N) is 3. The predicted molar refractivity (Wildman–Crippen MR) is 138 cm³/mol. The van der Waals surface area contributed by atoms with Crippen LogP contribution in [0.5, 0.6) is 0 Å². The molecule has 7 nitrogen and oxygen atoms in total. The van der Waals surface area contributed by atoms with Crippen molar-refractivity contribution < 1.29 is 12.8 Å². The van der Waals surface area contributed by atoms with Gasteiger partial charge in [0.25, 0.3) is 0 Å². The quantitative estimate of drug-likeness (QED) is 0.207. The second-order valence-corrected chi connectivity index (χ2v) is 9.76. The summed E-state index contributed by atoms with van der Waals surface area (Å²) in [6, 6.07) is 12.3. The minimum atomic E-state index is -3.17. The zero-order valence-electron chi connectivity index (χ0n) is 18.2. The van der Waals surface area contributed by atoms with E-state index in [1.54, 1.807) is 12.3 Å². The van der Waals surface area contributed by atoms with Gasteiger partial charge in [0.2, 0.25) is 0 Å². The maximum Gasteiger partial charge on any atom is 0.191 e. The molecule has 1 saturated heterocycles. The second-order valence-electron chi connectivity index (χ2n) is 7.58. The number of nitrogens with one attached hydrogen (secondary N) is 2. The van der Waals surface area contributed by atoms with Crippen LogP contribution < -0.4 is 15.5 Å². The summed E-state index contributed by atoms with van der Waals surface area (Å²) in [5.74, 6) is 0.854. The van der Waals surface area contributed by atoms with E-state index in [-0.39, 0.29) is 47.3 Å². The third-order valence-corrected chi connectivity index (χ3v) is 6.71. The van der Waals surface area contributed by atoms with Crippen molar-refractivity contribution in [3.8, 4) is 0 Å². The lowest BCUT2D eigenvalue weighted by Crippen LogP contribution is -2.44. The highest BCUT2D eigenvalue weighted by molar-refractivity contribution is 14.0. The monoisotopic (exact) mass is 575 g/mol. The largest absolute Gasteiger partial charge is 0.357 e. The van der Waals surface area contributed by atoms with E-state index in [1.807, 2.05) is 42.2 Å². The van der Waals surface area contributed by atoms with Crippen LogP contribution in [0.4, 0.5) is 10.2 Å². The Morgan fingerprint density at radius 3 is 2.75 bits per heavy atom. The average molecular weight is 575 g/mol. The number of aliphatic imine (C=N–C) groups is 1. The molecule has 1 aliphatic rings. The Hall–Kier alpha value is -1.95. The van der Waals surface area contributed by atoms with E-state index in [9.17, 15) is 12.8 Å². The van der Waals surface area contributed by atoms with Crippen LogP contribution >= 0.6 is 24.0 Å². The van der Waals surface area contributed by atoms with Crippen molar-refractivity contribution in [1.29, 1.82) is 0 Å². The number of hydrogen-bond donors (Lipinski definition) is 2. The molecule has 0 spiro atoms. The first-order valence-electron chi connectivity index (χ1n) is 10.6. The Balaban J connectivity index is 0.00000363. The maximum absolute atomic E-state index is 14.0. The predicted octanol–water partition coefficient (Wildman–Crippen LogP) is 2.98. The van der Waals surface area contributed by atoms with Gasteiger partial charge in [0.1, 0.15) is 0 Å². The van der Waals surface area contributed by atoms with E-state index in [1.165, 1.54) is 6.07 Å². The molecule has 2 heterocycles. The summed E-state index contributed by atoms with van der Waals surface area (Å²) >= 11 is 0. The van der Waals surface area contributed by atoms with Gasteiger partial charge >= 0.3 is 0 Å². The molecule has 0 radical (unpaired) electrons. The van der Waals surface area contributed by atoms with Crippen LogP contribution in [0.1, 0.15) is 25.3 Å². The van der Waals surface area contributed by atoms with Gasteiger partial charge in [0.05, 0.1) is 11.5 Å². The van der Waals surface area contributed by atoms with Crippen molar-refractivity contribution in [3.05, 3.63) is 60.0 Å². The SMILES string of the molecule is CCNC(=NCCCS(=O)(=O)Cc1ccccc1)NC1CCN(c2ncccc2F)C1.I. The maximum atomic E-state index is 14.0. The van der Waals surface area contributed by atoms with Crippen molar-refractivity contribution in [2.75, 3.05) is 36.8 Å². The summed E-state index contributed by atoms with van der Waals surface area (Å²) in [5, 5.41) is 6.57. The second kappa shape index (κ2) is 12.9. The molecular formula is C22H31FIN5O2S. The van der Waals surface area contributed by atoms with Crippen molar-refractivity contribution in [3.63, 3.8) is 0 Å². The number of aromatic nitrogens is 1. The Labute approximate surface area is 206 Å². The Morgan fingerprint density at radius 1 is 1.25 bits per heavy atom. The summed E-state index contributed by atoms with van der Waals surface area (Å²) in [6.45, 7) is 4.43. The molecule has 1 atom stereocenters. The molecule has 0 aliphatic carbocycles. The molecule has 1 fully saturated rings. The summed E-state index contributed by atoms with van der Waals surface area (Å²) in [6.07, 6.45) is 2.89. The lowest BCUT2D eigenvalue weighted by molar-refractivity contribution is 0.592. The normalized spacial score (nSPS) is 16.5. The highest BCUT2D eigenvalue weighted by Gasteiger charge is 2.25. The van der Waals surface area contributed by atoms with Gasteiger partial charge in [-0.15, -0.1) is 24.0 Å². The zero-order chi connectivity index (χ0) is 22.1. The van der Waals surface area contributed by atoms with Crippen LogP contribution in [0.3, 0.4) is 0 Å². The Kier molecular flexibility index (Phi) is 10.6. The van der Waals surface area contributed by atoms with Gasteiger partial charge in [-0.2, -0.15) is 0 Å². The molecule has 3 rings (SSSR count). The van der Waals surface area contributed by atoms with E-state index in [2.05, 4.69) is 20.6 Å². The van der Waals surface area contributed by atoms with E-state index in [4.69, 9.17) is 0 Å². The van der Waals surface area contributed by atoms with Crippen LogP contribution in [0.25, 0.3) is 0 Å². The summed E-state index contributed by atoms with van der Waals surface area (Å²) in [5.41, 5.74) is 0.802. The number of hydrogen-bond acceptors (Lipinski definition) is 5. The van der Waals surface area contributed by atoms with Crippen LogP contribution in [0.2, 0.25) is 0 Å². The van der Waals surface area contributed by atoms with Gasteiger partial charge in [-0.3, -0.25) is 4.99 Å². The Bertz CT molecular complexity index is 975. The van der Waals surface area contributed by atoms with E-state index in [0.29, 0.717) is 44.4 Å². The zero-order valence-corrected chi connectivity index (χ0v) is 21.4. The number of guanidine groups is 1. The third kappa shape index (κ3) is 8.19. The van der Waals surface area contributed by atoms with Gasteiger partial charge in [0, 0.05) is 38.4 Å². The van der Waals surface area contributed by atoms with E-state index < -0.39 is 9.84 Å². The van der Waals surface area contributed by atoms with Crippen LogP contribution in [0, 0.1) is 5.82 Å². The molecule has 32 heavy (non-hydrogen) atoms. The lowest BCUT2D eigenvalue weighted by atomic mass is 10.2. The molecule has 1 aromatic heterocycles. The highest BCUT2D eigenvalue weighted by atomic mass is 127. The summed E-state index contributed by atoms with van der Waals surface area (Å²) in [7, 11) is -3.17. The first-order chi connectivity index (χ1) is 15.0. The van der Waals surface area contributed by atoms with Crippen LogP contribution in [-0.2, 0) is 15.6 Å². The molecule has 0 saturated carbocycles. The fourth-order valence-corrected chi connectivity index (χ4v) is 4.98. The van der Waals surface area contributed by atoms with E-state index >= 15 is 0 Å². The minimum Gasteiger partial charge on any atom is -0.357 e. The van der Waals surface area contributed by atoms with Gasteiger partial charge in [-0.05, 0) is 37.5 Å². The van der Waals surface area contributed by atoms with Crippen molar-refractivity contribution in [2.45, 2.75) is 31.6 Å².